The fourth-order valence-electron chi connectivity index (χ4n) is 4.09. The molecule has 0 saturated carbocycles. The molecular weight excluding hydrogens is 465 g/mol. The van der Waals surface area contributed by atoms with Crippen LogP contribution < -0.4 is 10.6 Å². The van der Waals surface area contributed by atoms with Crippen LogP contribution in [0.2, 0.25) is 0 Å². The smallest absolute Gasteiger partial charge is 0.191 e. The SMILES string of the molecule is CCNC(=NCC(C)(C)N1CCCCC1)NCC1CCN(CCOC)CC1.I. The number of halogens is 1. The van der Waals surface area contributed by atoms with Gasteiger partial charge in [-0.3, -0.25) is 9.89 Å². The zero-order valence-electron chi connectivity index (χ0n) is 18.6. The summed E-state index contributed by atoms with van der Waals surface area (Å²) in [5.41, 5.74) is 0.134. The van der Waals surface area contributed by atoms with Crippen molar-refractivity contribution in [3.63, 3.8) is 0 Å². The zero-order chi connectivity index (χ0) is 19.5. The van der Waals surface area contributed by atoms with Crippen molar-refractivity contribution in [3.8, 4) is 0 Å². The number of aliphatic imine (C=N–C) groups is 1. The molecule has 0 aromatic heterocycles. The van der Waals surface area contributed by atoms with Crippen LogP contribution in [0.1, 0.15) is 52.9 Å². The van der Waals surface area contributed by atoms with E-state index in [9.17, 15) is 0 Å². The number of rotatable bonds is 9. The number of hydrogen-bond donors (Lipinski definition) is 2. The van der Waals surface area contributed by atoms with Gasteiger partial charge in [0, 0.05) is 32.3 Å². The van der Waals surface area contributed by atoms with E-state index in [1.54, 1.807) is 7.11 Å². The van der Waals surface area contributed by atoms with Crippen LogP contribution >= 0.6 is 24.0 Å². The Morgan fingerprint density at radius 2 is 1.75 bits per heavy atom. The summed E-state index contributed by atoms with van der Waals surface area (Å²) in [5.74, 6) is 1.71. The Balaban J connectivity index is 0.00000392. The second-order valence-electron chi connectivity index (χ2n) is 8.71. The molecule has 0 spiro atoms. The van der Waals surface area contributed by atoms with Gasteiger partial charge >= 0.3 is 0 Å². The van der Waals surface area contributed by atoms with Gasteiger partial charge in [-0.1, -0.05) is 6.42 Å². The van der Waals surface area contributed by atoms with E-state index in [0.29, 0.717) is 0 Å². The Bertz CT molecular complexity index is 433. The van der Waals surface area contributed by atoms with Gasteiger partial charge in [0.1, 0.15) is 0 Å². The van der Waals surface area contributed by atoms with E-state index >= 15 is 0 Å². The first-order chi connectivity index (χ1) is 13.0. The summed E-state index contributed by atoms with van der Waals surface area (Å²) < 4.78 is 5.19. The standard InChI is InChI=1S/C21H43N5O.HI/c1-5-22-20(24-18-21(2,3)26-11-7-6-8-12-26)23-17-19-9-13-25(14-10-19)15-16-27-4;/h19H,5-18H2,1-4H3,(H2,22,23,24);1H. The summed E-state index contributed by atoms with van der Waals surface area (Å²) in [6.07, 6.45) is 6.55. The van der Waals surface area contributed by atoms with Crippen molar-refractivity contribution >= 4 is 29.9 Å². The van der Waals surface area contributed by atoms with E-state index < -0.39 is 0 Å². The molecule has 0 unspecified atom stereocenters. The molecule has 2 rings (SSSR count). The van der Waals surface area contributed by atoms with Gasteiger partial charge in [0.05, 0.1) is 13.2 Å². The van der Waals surface area contributed by atoms with Gasteiger partial charge in [-0.15, -0.1) is 24.0 Å². The lowest BCUT2D eigenvalue weighted by atomic mass is 9.97. The van der Waals surface area contributed by atoms with Gasteiger partial charge < -0.3 is 20.3 Å². The Morgan fingerprint density at radius 3 is 2.36 bits per heavy atom. The summed E-state index contributed by atoms with van der Waals surface area (Å²) in [7, 11) is 1.78. The molecule has 0 atom stereocenters. The monoisotopic (exact) mass is 509 g/mol. The van der Waals surface area contributed by atoms with Crippen LogP contribution in [0.3, 0.4) is 0 Å². The number of guanidine groups is 1. The summed E-state index contributed by atoms with van der Waals surface area (Å²) in [6.45, 7) is 16.3. The second-order valence-corrected chi connectivity index (χ2v) is 8.71. The predicted molar refractivity (Wildman–Crippen MR) is 130 cm³/mol. The first kappa shape index (κ1) is 25.9. The summed E-state index contributed by atoms with van der Waals surface area (Å²) >= 11 is 0. The molecule has 0 aromatic carbocycles. The Labute approximate surface area is 190 Å². The number of piperidine rings is 2. The Morgan fingerprint density at radius 1 is 1.07 bits per heavy atom. The van der Waals surface area contributed by atoms with Gasteiger partial charge in [0.15, 0.2) is 5.96 Å². The lowest BCUT2D eigenvalue weighted by Crippen LogP contribution is -2.50. The molecule has 2 fully saturated rings. The van der Waals surface area contributed by atoms with E-state index in [-0.39, 0.29) is 29.5 Å². The first-order valence-corrected chi connectivity index (χ1v) is 11.0. The van der Waals surface area contributed by atoms with Crippen LogP contribution in [0.25, 0.3) is 0 Å². The number of methoxy groups -OCH3 is 1. The van der Waals surface area contributed by atoms with Gasteiger partial charge in [-0.2, -0.15) is 0 Å². The average Bonchev–Trinajstić information content (AvgIpc) is 2.70. The molecule has 0 aromatic rings. The highest BCUT2D eigenvalue weighted by molar-refractivity contribution is 14.0. The molecule has 6 nitrogen and oxygen atoms in total. The van der Waals surface area contributed by atoms with Crippen molar-refractivity contribution in [1.29, 1.82) is 0 Å². The maximum atomic E-state index is 5.19. The Kier molecular flexibility index (Phi) is 12.9. The van der Waals surface area contributed by atoms with Crippen molar-refractivity contribution in [1.82, 2.24) is 20.4 Å². The third-order valence-electron chi connectivity index (χ3n) is 6.06. The van der Waals surface area contributed by atoms with E-state index in [0.717, 1.165) is 44.7 Å². The quantitative estimate of drug-likeness (QED) is 0.285. The number of nitrogens with zero attached hydrogens (tertiary/aromatic N) is 3. The molecule has 2 aliphatic heterocycles. The maximum absolute atomic E-state index is 5.19. The fraction of sp³-hybridized carbons (Fsp3) is 0.952. The minimum atomic E-state index is 0. The minimum Gasteiger partial charge on any atom is -0.383 e. The van der Waals surface area contributed by atoms with Crippen LogP contribution in [0, 0.1) is 5.92 Å². The summed E-state index contributed by atoms with van der Waals surface area (Å²) in [4.78, 5) is 10.1. The van der Waals surface area contributed by atoms with Gasteiger partial charge in [0.2, 0.25) is 0 Å². The molecule has 0 bridgehead atoms. The fourth-order valence-corrected chi connectivity index (χ4v) is 4.09. The van der Waals surface area contributed by atoms with E-state index in [2.05, 4.69) is 41.2 Å². The van der Waals surface area contributed by atoms with Crippen LogP contribution in [-0.2, 0) is 4.74 Å². The van der Waals surface area contributed by atoms with Crippen LogP contribution in [0.15, 0.2) is 4.99 Å². The maximum Gasteiger partial charge on any atom is 0.191 e. The molecule has 0 aliphatic carbocycles. The predicted octanol–water partition coefficient (Wildman–Crippen LogP) is 2.78. The number of likely N-dealkylation sites (tertiary alicyclic amines) is 2. The highest BCUT2D eigenvalue weighted by Crippen LogP contribution is 2.21. The van der Waals surface area contributed by atoms with Crippen LogP contribution in [0.4, 0.5) is 0 Å². The average molecular weight is 510 g/mol. The molecule has 2 saturated heterocycles. The normalized spacial score (nSPS) is 20.6. The van der Waals surface area contributed by atoms with E-state index in [1.807, 2.05) is 0 Å². The molecule has 166 valence electrons. The molecule has 28 heavy (non-hydrogen) atoms. The number of ether oxygens (including phenoxy) is 1. The molecule has 2 N–H and O–H groups in total. The lowest BCUT2D eigenvalue weighted by molar-refractivity contribution is 0.102. The topological polar surface area (TPSA) is 52.1 Å². The van der Waals surface area contributed by atoms with Crippen molar-refractivity contribution in [2.75, 3.05) is 66.1 Å². The zero-order valence-corrected chi connectivity index (χ0v) is 21.0. The molecule has 7 heteroatoms. The van der Waals surface area contributed by atoms with Crippen LogP contribution in [0.5, 0.6) is 0 Å². The highest BCUT2D eigenvalue weighted by Gasteiger charge is 2.27. The van der Waals surface area contributed by atoms with Crippen LogP contribution in [-0.4, -0.2) is 87.4 Å². The van der Waals surface area contributed by atoms with E-state index in [1.165, 1.54) is 58.3 Å². The first-order valence-electron chi connectivity index (χ1n) is 11.0. The van der Waals surface area contributed by atoms with Crippen molar-refractivity contribution in [2.45, 2.75) is 58.4 Å². The molecule has 0 amide bonds. The molecule has 0 radical (unpaired) electrons. The minimum absolute atomic E-state index is 0. The number of nitrogens with one attached hydrogen (secondary N) is 2. The second kappa shape index (κ2) is 14.0. The largest absolute Gasteiger partial charge is 0.383 e. The molecule has 2 aliphatic rings. The van der Waals surface area contributed by atoms with Crippen molar-refractivity contribution in [2.24, 2.45) is 10.9 Å². The van der Waals surface area contributed by atoms with Crippen molar-refractivity contribution < 1.29 is 4.74 Å². The van der Waals surface area contributed by atoms with E-state index in [4.69, 9.17) is 9.73 Å². The lowest BCUT2D eigenvalue weighted by Gasteiger charge is -2.40. The third kappa shape index (κ3) is 9.13. The van der Waals surface area contributed by atoms with Gasteiger partial charge in [-0.05, 0) is 78.6 Å². The molecule has 2 heterocycles. The number of hydrogen-bond acceptors (Lipinski definition) is 4. The third-order valence-corrected chi connectivity index (χ3v) is 6.06. The Hall–Kier alpha value is -0.120. The summed E-state index contributed by atoms with van der Waals surface area (Å²) in [6, 6.07) is 0. The molecular formula is C21H44IN5O. The van der Waals surface area contributed by atoms with Gasteiger partial charge in [0.25, 0.3) is 0 Å². The summed E-state index contributed by atoms with van der Waals surface area (Å²) in [5, 5.41) is 7.03. The highest BCUT2D eigenvalue weighted by atomic mass is 127. The van der Waals surface area contributed by atoms with Gasteiger partial charge in [-0.25, -0.2) is 0 Å². The van der Waals surface area contributed by atoms with Crippen molar-refractivity contribution in [3.05, 3.63) is 0 Å².